The number of ketones is 1. The number of hydrogen-bond donors (Lipinski definition) is 1. The summed E-state index contributed by atoms with van der Waals surface area (Å²) in [6.45, 7) is 1.25. The van der Waals surface area contributed by atoms with E-state index in [-0.39, 0.29) is 23.2 Å². The Morgan fingerprint density at radius 3 is 3.11 bits per heavy atom. The monoisotopic (exact) mass is 415 g/mol. The molecule has 28 heavy (non-hydrogen) atoms. The minimum absolute atomic E-state index is 0.00156. The Morgan fingerprint density at radius 2 is 2.32 bits per heavy atom. The van der Waals surface area contributed by atoms with Gasteiger partial charge in [0.05, 0.1) is 29.5 Å². The van der Waals surface area contributed by atoms with Crippen LogP contribution in [-0.2, 0) is 24.1 Å². The summed E-state index contributed by atoms with van der Waals surface area (Å²) in [7, 11) is 0. The first-order chi connectivity index (χ1) is 13.7. The SMILES string of the molecule is O=C(CSc1nc2sc3c(c2c(=O)n1C[C@H]1CCCO1)CCC3)c1ccc[nH]1. The number of carbonyl (C=O) groups excluding carboxylic acids is 1. The highest BCUT2D eigenvalue weighted by Gasteiger charge is 2.25. The van der Waals surface area contributed by atoms with E-state index in [1.165, 1.54) is 22.2 Å². The average molecular weight is 416 g/mol. The third kappa shape index (κ3) is 3.23. The summed E-state index contributed by atoms with van der Waals surface area (Å²) >= 11 is 2.98. The standard InChI is InChI=1S/C20H21N3O3S2/c24-15(14-6-2-8-21-14)11-27-20-22-18-17(13-5-1-7-16(13)28-18)19(25)23(20)10-12-4-3-9-26-12/h2,6,8,12,21H,1,3-5,7,9-11H2/t12-/m1/s1. The zero-order valence-electron chi connectivity index (χ0n) is 15.4. The van der Waals surface area contributed by atoms with Crippen LogP contribution >= 0.6 is 23.1 Å². The molecule has 0 radical (unpaired) electrons. The van der Waals surface area contributed by atoms with Crippen molar-refractivity contribution in [2.24, 2.45) is 0 Å². The molecule has 1 saturated heterocycles. The van der Waals surface area contributed by atoms with Crippen LogP contribution in [0, 0.1) is 0 Å². The lowest BCUT2D eigenvalue weighted by Crippen LogP contribution is -2.29. The first-order valence-electron chi connectivity index (χ1n) is 9.67. The predicted molar refractivity (Wildman–Crippen MR) is 111 cm³/mol. The van der Waals surface area contributed by atoms with Gasteiger partial charge in [-0.25, -0.2) is 4.98 Å². The second kappa shape index (κ2) is 7.50. The van der Waals surface area contributed by atoms with Crippen molar-refractivity contribution in [3.8, 4) is 0 Å². The number of hydrogen-bond acceptors (Lipinski definition) is 6. The molecule has 1 aliphatic heterocycles. The first-order valence-corrected chi connectivity index (χ1v) is 11.5. The van der Waals surface area contributed by atoms with Gasteiger partial charge in [0.25, 0.3) is 5.56 Å². The van der Waals surface area contributed by atoms with Crippen LogP contribution in [0.5, 0.6) is 0 Å². The number of aromatic nitrogens is 3. The number of nitrogens with one attached hydrogen (secondary N) is 1. The van der Waals surface area contributed by atoms with Gasteiger partial charge in [-0.1, -0.05) is 11.8 Å². The Labute approximate surface area is 170 Å². The van der Waals surface area contributed by atoms with E-state index in [9.17, 15) is 9.59 Å². The summed E-state index contributed by atoms with van der Waals surface area (Å²) in [6.07, 6.45) is 6.88. The number of aromatic amines is 1. The number of aryl methyl sites for hydroxylation is 2. The van der Waals surface area contributed by atoms with Gasteiger partial charge in [-0.05, 0) is 49.8 Å². The summed E-state index contributed by atoms with van der Waals surface area (Å²) in [5, 5.41) is 1.41. The molecule has 1 aliphatic carbocycles. The number of thiophene rings is 1. The number of fused-ring (bicyclic) bond motifs is 3. The average Bonchev–Trinajstić information content (AvgIpc) is 3.46. The molecule has 3 aromatic heterocycles. The number of ether oxygens (including phenoxy) is 1. The lowest BCUT2D eigenvalue weighted by Gasteiger charge is -2.15. The van der Waals surface area contributed by atoms with Crippen molar-refractivity contribution in [2.45, 2.75) is 49.9 Å². The Bertz CT molecular complexity index is 1080. The van der Waals surface area contributed by atoms with Crippen LogP contribution in [0.2, 0.25) is 0 Å². The van der Waals surface area contributed by atoms with Crippen LogP contribution in [0.4, 0.5) is 0 Å². The normalized spacial score (nSPS) is 18.8. The van der Waals surface area contributed by atoms with E-state index in [1.807, 2.05) is 6.07 Å². The van der Waals surface area contributed by atoms with Crippen molar-refractivity contribution in [3.63, 3.8) is 0 Å². The maximum atomic E-state index is 13.4. The van der Waals surface area contributed by atoms with Gasteiger partial charge in [-0.15, -0.1) is 11.3 Å². The van der Waals surface area contributed by atoms with Crippen molar-refractivity contribution >= 4 is 39.1 Å². The van der Waals surface area contributed by atoms with Gasteiger partial charge in [-0.3, -0.25) is 14.2 Å². The number of thioether (sulfide) groups is 1. The molecule has 0 unspecified atom stereocenters. The van der Waals surface area contributed by atoms with Crippen LogP contribution in [0.25, 0.3) is 10.2 Å². The number of rotatable bonds is 6. The molecule has 146 valence electrons. The highest BCUT2D eigenvalue weighted by atomic mass is 32.2. The topological polar surface area (TPSA) is 77.0 Å². The fraction of sp³-hybridized carbons (Fsp3) is 0.450. The third-order valence-corrected chi connectivity index (χ3v) is 7.59. The molecule has 0 spiro atoms. The highest BCUT2D eigenvalue weighted by Crippen LogP contribution is 2.35. The van der Waals surface area contributed by atoms with E-state index in [1.54, 1.807) is 28.2 Å². The molecule has 3 aromatic rings. The molecular formula is C20H21N3O3S2. The van der Waals surface area contributed by atoms with Crippen LogP contribution in [0.3, 0.4) is 0 Å². The van der Waals surface area contributed by atoms with Crippen LogP contribution in [-0.4, -0.2) is 38.8 Å². The molecule has 0 aromatic carbocycles. The van der Waals surface area contributed by atoms with E-state index in [4.69, 9.17) is 9.72 Å². The lowest BCUT2D eigenvalue weighted by molar-refractivity contribution is 0.0937. The molecule has 0 bridgehead atoms. The molecule has 0 amide bonds. The van der Waals surface area contributed by atoms with E-state index in [0.29, 0.717) is 17.4 Å². The minimum atomic E-state index is 0.00156. The quantitative estimate of drug-likeness (QED) is 0.379. The molecule has 0 saturated carbocycles. The Balaban J connectivity index is 1.52. The fourth-order valence-electron chi connectivity index (χ4n) is 4.03. The predicted octanol–water partition coefficient (Wildman–Crippen LogP) is 3.43. The molecule has 1 N–H and O–H groups in total. The van der Waals surface area contributed by atoms with Gasteiger partial charge in [0.15, 0.2) is 10.9 Å². The van der Waals surface area contributed by atoms with Gasteiger partial charge in [0, 0.05) is 17.7 Å². The maximum absolute atomic E-state index is 13.4. The number of carbonyl (C=O) groups is 1. The van der Waals surface area contributed by atoms with E-state index in [2.05, 4.69) is 4.98 Å². The Hall–Kier alpha value is -1.90. The van der Waals surface area contributed by atoms with Crippen molar-refractivity contribution in [2.75, 3.05) is 12.4 Å². The number of nitrogens with zero attached hydrogens (tertiary/aromatic N) is 2. The smallest absolute Gasteiger partial charge is 0.263 e. The molecule has 5 rings (SSSR count). The second-order valence-electron chi connectivity index (χ2n) is 7.28. The largest absolute Gasteiger partial charge is 0.376 e. The Morgan fingerprint density at radius 1 is 1.39 bits per heavy atom. The zero-order valence-corrected chi connectivity index (χ0v) is 17.0. The number of H-pyrrole nitrogens is 1. The second-order valence-corrected chi connectivity index (χ2v) is 9.30. The molecule has 2 aliphatic rings. The third-order valence-electron chi connectivity index (χ3n) is 5.43. The van der Waals surface area contributed by atoms with Crippen LogP contribution in [0.15, 0.2) is 28.3 Å². The molecule has 1 fully saturated rings. The maximum Gasteiger partial charge on any atom is 0.263 e. The molecule has 6 nitrogen and oxygen atoms in total. The summed E-state index contributed by atoms with van der Waals surface area (Å²) in [5.74, 6) is 0.247. The van der Waals surface area contributed by atoms with E-state index in [0.717, 1.165) is 48.9 Å². The molecule has 4 heterocycles. The zero-order chi connectivity index (χ0) is 19.1. The van der Waals surface area contributed by atoms with Gasteiger partial charge in [0.1, 0.15) is 4.83 Å². The summed E-state index contributed by atoms with van der Waals surface area (Å²) in [4.78, 5) is 35.7. The van der Waals surface area contributed by atoms with E-state index >= 15 is 0 Å². The van der Waals surface area contributed by atoms with Crippen LogP contribution < -0.4 is 5.56 Å². The highest BCUT2D eigenvalue weighted by molar-refractivity contribution is 7.99. The molecular weight excluding hydrogens is 394 g/mol. The minimum Gasteiger partial charge on any atom is -0.376 e. The van der Waals surface area contributed by atoms with Crippen LogP contribution in [0.1, 0.15) is 40.2 Å². The summed E-state index contributed by atoms with van der Waals surface area (Å²) < 4.78 is 7.52. The summed E-state index contributed by atoms with van der Waals surface area (Å²) in [5.41, 5.74) is 1.80. The van der Waals surface area contributed by atoms with Crippen molar-refractivity contribution in [1.29, 1.82) is 0 Å². The van der Waals surface area contributed by atoms with E-state index < -0.39 is 0 Å². The van der Waals surface area contributed by atoms with Gasteiger partial charge in [0.2, 0.25) is 0 Å². The number of Topliss-reactive ketones (excluding diaryl/α,β-unsaturated/α-hetero) is 1. The fourth-order valence-corrected chi connectivity index (χ4v) is 6.23. The van der Waals surface area contributed by atoms with Gasteiger partial charge in [-0.2, -0.15) is 0 Å². The first kappa shape index (κ1) is 18.1. The summed E-state index contributed by atoms with van der Waals surface area (Å²) in [6, 6.07) is 3.57. The molecule has 1 atom stereocenters. The van der Waals surface area contributed by atoms with Crippen molar-refractivity contribution in [3.05, 3.63) is 44.8 Å². The van der Waals surface area contributed by atoms with Gasteiger partial charge < -0.3 is 9.72 Å². The Kier molecular flexibility index (Phi) is 4.86. The van der Waals surface area contributed by atoms with Crippen molar-refractivity contribution < 1.29 is 9.53 Å². The molecule has 8 heteroatoms. The van der Waals surface area contributed by atoms with Gasteiger partial charge >= 0.3 is 0 Å². The van der Waals surface area contributed by atoms with Crippen molar-refractivity contribution in [1.82, 2.24) is 14.5 Å². The lowest BCUT2D eigenvalue weighted by atomic mass is 10.2.